The van der Waals surface area contributed by atoms with Crippen molar-refractivity contribution in [3.05, 3.63) is 12.4 Å². The van der Waals surface area contributed by atoms with Gasteiger partial charge in [0.05, 0.1) is 12.7 Å². The average Bonchev–Trinajstić information content (AvgIpc) is 2.76. The van der Waals surface area contributed by atoms with E-state index in [-0.39, 0.29) is 4.90 Å². The van der Waals surface area contributed by atoms with Crippen LogP contribution in [0.15, 0.2) is 17.3 Å². The topological polar surface area (TPSA) is 76.0 Å². The standard InChI is InChI=1S/C12H22N4O2S/c1-2-13-6-7-16-10-12(9-14-16)19(17,18)15-8-11-4-3-5-11/h9-11,13,15H,2-8H2,1H3. The zero-order valence-corrected chi connectivity index (χ0v) is 12.1. The molecule has 1 aliphatic carbocycles. The molecule has 1 fully saturated rings. The number of hydrogen-bond acceptors (Lipinski definition) is 4. The first-order valence-electron chi connectivity index (χ1n) is 6.84. The second-order valence-electron chi connectivity index (χ2n) is 4.94. The quantitative estimate of drug-likeness (QED) is 0.685. The first-order valence-corrected chi connectivity index (χ1v) is 8.33. The van der Waals surface area contributed by atoms with Crippen molar-refractivity contribution in [2.75, 3.05) is 19.6 Å². The van der Waals surface area contributed by atoms with Crippen LogP contribution in [0.4, 0.5) is 0 Å². The fourth-order valence-corrected chi connectivity index (χ4v) is 3.05. The molecule has 1 heterocycles. The zero-order valence-electron chi connectivity index (χ0n) is 11.3. The minimum absolute atomic E-state index is 0.253. The molecule has 0 unspecified atom stereocenters. The summed E-state index contributed by atoms with van der Waals surface area (Å²) >= 11 is 0. The van der Waals surface area contributed by atoms with E-state index < -0.39 is 10.0 Å². The normalized spacial score (nSPS) is 16.5. The summed E-state index contributed by atoms with van der Waals surface area (Å²) in [5.41, 5.74) is 0. The molecule has 7 heteroatoms. The fourth-order valence-electron chi connectivity index (χ4n) is 1.98. The van der Waals surface area contributed by atoms with Crippen molar-refractivity contribution in [1.29, 1.82) is 0 Å². The van der Waals surface area contributed by atoms with Crippen LogP contribution < -0.4 is 10.0 Å². The number of nitrogens with zero attached hydrogens (tertiary/aromatic N) is 2. The summed E-state index contributed by atoms with van der Waals surface area (Å²) in [7, 11) is -3.40. The van der Waals surface area contributed by atoms with E-state index >= 15 is 0 Å². The number of likely N-dealkylation sites (N-methyl/N-ethyl adjacent to an activating group) is 1. The summed E-state index contributed by atoms with van der Waals surface area (Å²) in [6, 6.07) is 0. The lowest BCUT2D eigenvalue weighted by molar-refractivity contribution is 0.316. The minimum atomic E-state index is -3.40. The number of hydrogen-bond donors (Lipinski definition) is 2. The Morgan fingerprint density at radius 3 is 2.89 bits per heavy atom. The second-order valence-corrected chi connectivity index (χ2v) is 6.71. The van der Waals surface area contributed by atoms with Crippen molar-refractivity contribution in [2.24, 2.45) is 5.92 Å². The van der Waals surface area contributed by atoms with Crippen molar-refractivity contribution in [3.8, 4) is 0 Å². The molecule has 1 saturated carbocycles. The first kappa shape index (κ1) is 14.5. The summed E-state index contributed by atoms with van der Waals surface area (Å²) in [6.07, 6.45) is 6.47. The van der Waals surface area contributed by atoms with Crippen LogP contribution in [0.2, 0.25) is 0 Å². The van der Waals surface area contributed by atoms with E-state index in [4.69, 9.17) is 0 Å². The van der Waals surface area contributed by atoms with Crippen molar-refractivity contribution >= 4 is 10.0 Å². The Bertz CT molecular complexity index is 494. The van der Waals surface area contributed by atoms with E-state index in [9.17, 15) is 8.42 Å². The molecule has 108 valence electrons. The summed E-state index contributed by atoms with van der Waals surface area (Å²) in [5, 5.41) is 7.25. The predicted molar refractivity (Wildman–Crippen MR) is 73.3 cm³/mol. The van der Waals surface area contributed by atoms with Crippen LogP contribution >= 0.6 is 0 Å². The maximum absolute atomic E-state index is 12.0. The molecule has 0 bridgehead atoms. The number of sulfonamides is 1. The van der Waals surface area contributed by atoms with Gasteiger partial charge in [-0.15, -0.1) is 0 Å². The molecule has 0 aliphatic heterocycles. The van der Waals surface area contributed by atoms with Gasteiger partial charge in [0.2, 0.25) is 10.0 Å². The second kappa shape index (κ2) is 6.49. The Hall–Kier alpha value is -0.920. The third kappa shape index (κ3) is 4.02. The molecule has 1 aromatic heterocycles. The number of aromatic nitrogens is 2. The zero-order chi connectivity index (χ0) is 13.7. The van der Waals surface area contributed by atoms with Crippen molar-refractivity contribution in [3.63, 3.8) is 0 Å². The van der Waals surface area contributed by atoms with Gasteiger partial charge in [-0.3, -0.25) is 4.68 Å². The molecular weight excluding hydrogens is 264 g/mol. The Morgan fingerprint density at radius 2 is 2.26 bits per heavy atom. The summed E-state index contributed by atoms with van der Waals surface area (Å²) in [4.78, 5) is 0.253. The molecule has 0 amide bonds. The third-order valence-corrected chi connectivity index (χ3v) is 4.85. The maximum Gasteiger partial charge on any atom is 0.243 e. The highest BCUT2D eigenvalue weighted by Crippen LogP contribution is 2.25. The van der Waals surface area contributed by atoms with Gasteiger partial charge < -0.3 is 5.32 Å². The lowest BCUT2D eigenvalue weighted by Crippen LogP contribution is -2.32. The highest BCUT2D eigenvalue weighted by Gasteiger charge is 2.22. The van der Waals surface area contributed by atoms with Crippen molar-refractivity contribution in [2.45, 2.75) is 37.6 Å². The fraction of sp³-hybridized carbons (Fsp3) is 0.750. The Kier molecular flexibility index (Phi) is 4.95. The lowest BCUT2D eigenvalue weighted by atomic mass is 9.86. The Balaban J connectivity index is 1.88. The van der Waals surface area contributed by atoms with Crippen molar-refractivity contribution < 1.29 is 8.42 Å². The van der Waals surface area contributed by atoms with Gasteiger partial charge in [-0.1, -0.05) is 13.3 Å². The van der Waals surface area contributed by atoms with Gasteiger partial charge in [-0.25, -0.2) is 13.1 Å². The van der Waals surface area contributed by atoms with E-state index in [2.05, 4.69) is 15.1 Å². The van der Waals surface area contributed by atoms with Crippen LogP contribution in [0.1, 0.15) is 26.2 Å². The molecule has 2 rings (SSSR count). The summed E-state index contributed by atoms with van der Waals surface area (Å²) < 4.78 is 28.4. The van der Waals surface area contributed by atoms with E-state index in [0.29, 0.717) is 19.0 Å². The molecule has 0 radical (unpaired) electrons. The highest BCUT2D eigenvalue weighted by atomic mass is 32.2. The number of rotatable bonds is 8. The highest BCUT2D eigenvalue weighted by molar-refractivity contribution is 7.89. The monoisotopic (exact) mass is 286 g/mol. The molecule has 0 atom stereocenters. The van der Waals surface area contributed by atoms with E-state index in [0.717, 1.165) is 25.9 Å². The summed E-state index contributed by atoms with van der Waals surface area (Å²) in [5.74, 6) is 0.513. The maximum atomic E-state index is 12.0. The van der Waals surface area contributed by atoms with Gasteiger partial charge in [0.25, 0.3) is 0 Å². The van der Waals surface area contributed by atoms with Crippen LogP contribution in [0, 0.1) is 5.92 Å². The average molecular weight is 286 g/mol. The van der Waals surface area contributed by atoms with Gasteiger partial charge in [-0.05, 0) is 25.3 Å². The van der Waals surface area contributed by atoms with E-state index in [1.54, 1.807) is 10.9 Å². The minimum Gasteiger partial charge on any atom is -0.315 e. The van der Waals surface area contributed by atoms with Crippen LogP contribution in [-0.2, 0) is 16.6 Å². The molecule has 1 aliphatic rings. The molecule has 6 nitrogen and oxygen atoms in total. The summed E-state index contributed by atoms with van der Waals surface area (Å²) in [6.45, 7) is 4.93. The largest absolute Gasteiger partial charge is 0.315 e. The molecule has 0 aromatic carbocycles. The van der Waals surface area contributed by atoms with Crippen LogP contribution in [0.3, 0.4) is 0 Å². The van der Waals surface area contributed by atoms with Crippen molar-refractivity contribution in [1.82, 2.24) is 19.8 Å². The molecule has 0 saturated heterocycles. The van der Waals surface area contributed by atoms with Gasteiger partial charge in [0, 0.05) is 19.3 Å². The number of nitrogens with one attached hydrogen (secondary N) is 2. The van der Waals surface area contributed by atoms with E-state index in [1.165, 1.54) is 12.6 Å². The SMILES string of the molecule is CCNCCn1cc(S(=O)(=O)NCC2CCC2)cn1. The first-order chi connectivity index (χ1) is 9.12. The van der Waals surface area contributed by atoms with Crippen LogP contribution in [0.5, 0.6) is 0 Å². The predicted octanol–water partition coefficient (Wildman–Crippen LogP) is 0.571. The molecule has 19 heavy (non-hydrogen) atoms. The molecule has 0 spiro atoms. The van der Waals surface area contributed by atoms with E-state index in [1.807, 2.05) is 6.92 Å². The molecule has 1 aromatic rings. The van der Waals surface area contributed by atoms with Gasteiger partial charge in [0.15, 0.2) is 0 Å². The van der Waals surface area contributed by atoms with Crippen LogP contribution in [-0.4, -0.2) is 37.8 Å². The third-order valence-electron chi connectivity index (χ3n) is 3.47. The van der Waals surface area contributed by atoms with Crippen LogP contribution in [0.25, 0.3) is 0 Å². The molecule has 2 N–H and O–H groups in total. The van der Waals surface area contributed by atoms with Gasteiger partial charge in [-0.2, -0.15) is 5.10 Å². The smallest absolute Gasteiger partial charge is 0.243 e. The van der Waals surface area contributed by atoms with Gasteiger partial charge in [0.1, 0.15) is 4.90 Å². The lowest BCUT2D eigenvalue weighted by Gasteiger charge is -2.25. The van der Waals surface area contributed by atoms with Gasteiger partial charge >= 0.3 is 0 Å². The molecular formula is C12H22N4O2S. The Labute approximate surface area is 114 Å². The Morgan fingerprint density at radius 1 is 1.47 bits per heavy atom.